The van der Waals surface area contributed by atoms with E-state index in [9.17, 15) is 79.4 Å². The SMILES string of the molecule is CCC(C)(OC(F)(F)C(F)(C(F)(F)F)C(C)(CC)OC(F)(F)C(F)(F)C(F)(F)F)C(F)(C(=O)F)C(F)(F)F. The molecule has 0 rings (SSSR count). The fourth-order valence-electron chi connectivity index (χ4n) is 3.03. The van der Waals surface area contributed by atoms with Crippen LogP contribution in [0.25, 0.3) is 0 Å². The Balaban J connectivity index is 7.35. The highest BCUT2D eigenvalue weighted by molar-refractivity contribution is 5.81. The Hall–Kier alpha value is -1.67. The normalized spacial score (nSPS) is 21.2. The maximum absolute atomic E-state index is 15.3. The highest BCUT2D eigenvalue weighted by atomic mass is 19.4. The molecule has 0 saturated carbocycles. The molecule has 3 nitrogen and oxygen atoms in total. The van der Waals surface area contributed by atoms with E-state index in [0.29, 0.717) is 0 Å². The first kappa shape index (κ1) is 36.3. The van der Waals surface area contributed by atoms with Crippen LogP contribution in [0.5, 0.6) is 0 Å². The molecule has 0 bridgehead atoms. The van der Waals surface area contributed by atoms with Crippen LogP contribution < -0.4 is 0 Å². The molecule has 4 unspecified atom stereocenters. The van der Waals surface area contributed by atoms with Crippen LogP contribution in [0.2, 0.25) is 0 Å². The molecule has 0 fully saturated rings. The predicted molar refractivity (Wildman–Crippen MR) is 86.4 cm³/mol. The van der Waals surface area contributed by atoms with E-state index in [4.69, 9.17) is 0 Å². The van der Waals surface area contributed by atoms with E-state index in [1.54, 1.807) is 0 Å². The van der Waals surface area contributed by atoms with Crippen molar-refractivity contribution >= 4 is 6.04 Å². The minimum Gasteiger partial charge on any atom is -0.307 e. The molecule has 4 atom stereocenters. The first-order chi connectivity index (χ1) is 16.2. The maximum Gasteiger partial charge on any atom is 0.462 e. The van der Waals surface area contributed by atoms with Crippen LogP contribution in [0, 0.1) is 0 Å². The second-order valence-electron chi connectivity index (χ2n) is 8.06. The summed E-state index contributed by atoms with van der Waals surface area (Å²) in [6.45, 7) is -1.30. The van der Waals surface area contributed by atoms with E-state index in [0.717, 1.165) is 0 Å². The minimum absolute atomic E-state index is 0.00275. The third-order valence-corrected chi connectivity index (χ3v) is 5.69. The van der Waals surface area contributed by atoms with Crippen LogP contribution in [0.15, 0.2) is 0 Å². The van der Waals surface area contributed by atoms with Gasteiger partial charge in [0.1, 0.15) is 11.2 Å². The summed E-state index contributed by atoms with van der Waals surface area (Å²) in [4.78, 5) is 10.8. The van der Waals surface area contributed by atoms with Crippen LogP contribution in [0.1, 0.15) is 40.5 Å². The highest BCUT2D eigenvalue weighted by Gasteiger charge is 2.86. The van der Waals surface area contributed by atoms with Crippen molar-refractivity contribution in [1.29, 1.82) is 0 Å². The average molecular weight is 610 g/mol. The average Bonchev–Trinajstić information content (AvgIpc) is 2.68. The molecule has 0 radical (unpaired) electrons. The van der Waals surface area contributed by atoms with Crippen molar-refractivity contribution in [3.8, 4) is 0 Å². The molecule has 0 aliphatic heterocycles. The molecule has 0 amide bonds. The molecule has 0 heterocycles. The fraction of sp³-hybridized carbons (Fsp3) is 0.941. The summed E-state index contributed by atoms with van der Waals surface area (Å²) >= 11 is 0. The van der Waals surface area contributed by atoms with Crippen molar-refractivity contribution in [3.63, 3.8) is 0 Å². The number of hydrogen-bond acceptors (Lipinski definition) is 3. The summed E-state index contributed by atoms with van der Waals surface area (Å²) in [5, 5.41) is 0. The van der Waals surface area contributed by atoms with Crippen LogP contribution >= 0.6 is 0 Å². The van der Waals surface area contributed by atoms with E-state index in [1.807, 2.05) is 0 Å². The third-order valence-electron chi connectivity index (χ3n) is 5.69. The van der Waals surface area contributed by atoms with Crippen molar-refractivity contribution in [2.75, 3.05) is 0 Å². The highest BCUT2D eigenvalue weighted by Crippen LogP contribution is 2.60. The summed E-state index contributed by atoms with van der Waals surface area (Å²) < 4.78 is 249. The van der Waals surface area contributed by atoms with Crippen LogP contribution in [-0.2, 0) is 14.3 Å². The van der Waals surface area contributed by atoms with Crippen molar-refractivity contribution in [1.82, 2.24) is 0 Å². The third kappa shape index (κ3) is 5.24. The molecule has 228 valence electrons. The van der Waals surface area contributed by atoms with Gasteiger partial charge in [-0.1, -0.05) is 13.8 Å². The lowest BCUT2D eigenvalue weighted by molar-refractivity contribution is -0.491. The monoisotopic (exact) mass is 610 g/mol. The zero-order valence-corrected chi connectivity index (χ0v) is 18.9. The van der Waals surface area contributed by atoms with Gasteiger partial charge in [0.05, 0.1) is 0 Å². The largest absolute Gasteiger partial charge is 0.462 e. The molecule has 0 saturated heterocycles. The molecule has 0 aromatic carbocycles. The van der Waals surface area contributed by atoms with Gasteiger partial charge in [-0.2, -0.15) is 70.2 Å². The van der Waals surface area contributed by atoms with Gasteiger partial charge in [-0.25, -0.2) is 8.78 Å². The number of alkyl halides is 17. The van der Waals surface area contributed by atoms with Gasteiger partial charge < -0.3 is 9.47 Å². The summed E-state index contributed by atoms with van der Waals surface area (Å²) in [6.07, 6.45) is -40.5. The zero-order valence-electron chi connectivity index (χ0n) is 18.9. The van der Waals surface area contributed by atoms with Gasteiger partial charge in [0, 0.05) is 0 Å². The fourth-order valence-corrected chi connectivity index (χ4v) is 3.03. The minimum atomic E-state index is -7.47. The number of ether oxygens (including phenoxy) is 2. The Morgan fingerprint density at radius 3 is 1.13 bits per heavy atom. The van der Waals surface area contributed by atoms with Gasteiger partial charge in [-0.15, -0.1) is 0 Å². The second kappa shape index (κ2) is 9.76. The maximum atomic E-state index is 15.3. The summed E-state index contributed by atoms with van der Waals surface area (Å²) in [5.41, 5.74) is -23.5. The lowest BCUT2D eigenvalue weighted by Gasteiger charge is -2.50. The first-order valence-corrected chi connectivity index (χ1v) is 9.54. The molecule has 0 aromatic heterocycles. The van der Waals surface area contributed by atoms with Gasteiger partial charge in [0.2, 0.25) is 0 Å². The van der Waals surface area contributed by atoms with Gasteiger partial charge >= 0.3 is 54.0 Å². The Morgan fingerprint density at radius 2 is 0.895 bits per heavy atom. The number of halogens is 18. The standard InChI is InChI=1S/C17H16F18O3/c1-5-8(3,10(19,7(18)36)13(23,24)25)37-16(32,33)11(20,14(26,27)28)9(4,6-2)38-17(34,35)12(21,22)15(29,30)31/h5-6H2,1-4H3. The van der Waals surface area contributed by atoms with Crippen molar-refractivity contribution in [2.45, 2.75) is 99.7 Å². The first-order valence-electron chi connectivity index (χ1n) is 9.54. The van der Waals surface area contributed by atoms with Crippen LogP contribution in [0.3, 0.4) is 0 Å². The Labute approximate surface area is 200 Å². The molecular formula is C17H16F18O3. The zero-order chi connectivity index (χ0) is 31.4. The summed E-state index contributed by atoms with van der Waals surface area (Å²) in [6, 6.07) is -4.20. The van der Waals surface area contributed by atoms with Gasteiger partial charge in [0.15, 0.2) is 0 Å². The molecule has 38 heavy (non-hydrogen) atoms. The molecule has 21 heteroatoms. The molecule has 0 aliphatic rings. The smallest absolute Gasteiger partial charge is 0.307 e. The second-order valence-corrected chi connectivity index (χ2v) is 8.06. The predicted octanol–water partition coefficient (Wildman–Crippen LogP) is 7.78. The van der Waals surface area contributed by atoms with E-state index in [1.165, 1.54) is 0 Å². The van der Waals surface area contributed by atoms with E-state index in [2.05, 4.69) is 9.47 Å². The molecule has 0 spiro atoms. The van der Waals surface area contributed by atoms with Crippen molar-refractivity contribution in [3.05, 3.63) is 0 Å². The Morgan fingerprint density at radius 1 is 0.553 bits per heavy atom. The number of rotatable bonds is 11. The lowest BCUT2D eigenvalue weighted by atomic mass is 9.79. The lowest BCUT2D eigenvalue weighted by Crippen LogP contribution is -2.74. The van der Waals surface area contributed by atoms with E-state index in [-0.39, 0.29) is 13.8 Å². The van der Waals surface area contributed by atoms with Crippen LogP contribution in [-0.4, -0.2) is 65.2 Å². The van der Waals surface area contributed by atoms with Crippen LogP contribution in [0.4, 0.5) is 79.0 Å². The number of carbonyl (C=O) groups excluding carboxylic acids is 1. The molecule has 0 N–H and O–H groups in total. The van der Waals surface area contributed by atoms with Gasteiger partial charge in [-0.3, -0.25) is 4.79 Å². The molecule has 0 aliphatic carbocycles. The van der Waals surface area contributed by atoms with E-state index >= 15 is 4.39 Å². The Kier molecular flexibility index (Phi) is 9.33. The van der Waals surface area contributed by atoms with Gasteiger partial charge in [0.25, 0.3) is 0 Å². The van der Waals surface area contributed by atoms with Gasteiger partial charge in [-0.05, 0) is 26.7 Å². The molecular weight excluding hydrogens is 594 g/mol. The molecule has 0 aromatic rings. The number of hydrogen-bond donors (Lipinski definition) is 0. The topological polar surface area (TPSA) is 35.5 Å². The Bertz CT molecular complexity index is 864. The van der Waals surface area contributed by atoms with Crippen molar-refractivity contribution < 1.29 is 93.3 Å². The van der Waals surface area contributed by atoms with E-state index < -0.39 is 91.9 Å². The van der Waals surface area contributed by atoms with Crippen molar-refractivity contribution in [2.24, 2.45) is 0 Å². The number of carbonyl (C=O) groups is 1. The quantitative estimate of drug-likeness (QED) is 0.177. The summed E-state index contributed by atoms with van der Waals surface area (Å²) in [5.74, 6) is -7.47. The summed E-state index contributed by atoms with van der Waals surface area (Å²) in [7, 11) is 0.